The summed E-state index contributed by atoms with van der Waals surface area (Å²) in [5.41, 5.74) is 7.60. The number of aliphatic imine (C=N–C) groups is 1. The van der Waals surface area contributed by atoms with Crippen molar-refractivity contribution in [3.05, 3.63) is 54.1 Å². The first kappa shape index (κ1) is 10.7. The molecule has 0 saturated heterocycles. The van der Waals surface area contributed by atoms with Crippen molar-refractivity contribution in [3.8, 4) is 11.5 Å². The van der Waals surface area contributed by atoms with E-state index in [1.54, 1.807) is 0 Å². The Balaban J connectivity index is 1.92. The van der Waals surface area contributed by atoms with Crippen molar-refractivity contribution in [2.24, 2.45) is 10.7 Å². The second-order valence-corrected chi connectivity index (χ2v) is 3.90. The summed E-state index contributed by atoms with van der Waals surface area (Å²) in [5, 5.41) is 0. The number of nitrogens with two attached hydrogens (primary N) is 1. The molecule has 2 N–H and O–H groups in total. The van der Waals surface area contributed by atoms with Gasteiger partial charge in [-0.25, -0.2) is 4.99 Å². The predicted molar refractivity (Wildman–Crippen MR) is 69.4 cm³/mol. The average Bonchev–Trinajstić information content (AvgIpc) is 2.87. The summed E-state index contributed by atoms with van der Waals surface area (Å²) in [7, 11) is 0. The minimum atomic E-state index is 0.261. The second kappa shape index (κ2) is 4.41. The van der Waals surface area contributed by atoms with Gasteiger partial charge in [0.15, 0.2) is 11.5 Å². The van der Waals surface area contributed by atoms with E-state index in [2.05, 4.69) is 4.99 Å². The van der Waals surface area contributed by atoms with E-state index in [0.29, 0.717) is 11.6 Å². The predicted octanol–water partition coefficient (Wildman–Crippen LogP) is 2.45. The van der Waals surface area contributed by atoms with Crippen molar-refractivity contribution < 1.29 is 9.47 Å². The minimum absolute atomic E-state index is 0.261. The van der Waals surface area contributed by atoms with Crippen molar-refractivity contribution in [1.82, 2.24) is 0 Å². The number of rotatable bonds is 2. The monoisotopic (exact) mass is 240 g/mol. The van der Waals surface area contributed by atoms with Gasteiger partial charge in [0, 0.05) is 11.6 Å². The highest BCUT2D eigenvalue weighted by atomic mass is 16.7. The van der Waals surface area contributed by atoms with Gasteiger partial charge in [-0.05, 0) is 12.1 Å². The van der Waals surface area contributed by atoms with Gasteiger partial charge in [0.1, 0.15) is 5.84 Å². The minimum Gasteiger partial charge on any atom is -0.454 e. The number of hydrogen-bond acceptors (Lipinski definition) is 3. The first-order chi connectivity index (χ1) is 8.83. The number of ether oxygens (including phenoxy) is 2. The van der Waals surface area contributed by atoms with Gasteiger partial charge < -0.3 is 15.2 Å². The summed E-state index contributed by atoms with van der Waals surface area (Å²) in [6.07, 6.45) is 0. The van der Waals surface area contributed by atoms with Crippen LogP contribution >= 0.6 is 0 Å². The Labute approximate surface area is 105 Å². The molecular formula is C14H12N2O2. The normalized spacial score (nSPS) is 13.7. The Morgan fingerprint density at radius 1 is 1.00 bits per heavy atom. The molecule has 0 fully saturated rings. The van der Waals surface area contributed by atoms with Crippen LogP contribution in [0, 0.1) is 0 Å². The lowest BCUT2D eigenvalue weighted by Gasteiger charge is -2.01. The van der Waals surface area contributed by atoms with E-state index in [9.17, 15) is 0 Å². The van der Waals surface area contributed by atoms with Gasteiger partial charge in [0.2, 0.25) is 6.79 Å². The lowest BCUT2D eigenvalue weighted by molar-refractivity contribution is 0.174. The molecule has 1 aliphatic heterocycles. The SMILES string of the molecule is NC(=Nc1ccc2c(c1)OCO2)c1ccccc1. The van der Waals surface area contributed by atoms with Crippen LogP contribution in [-0.4, -0.2) is 12.6 Å². The Kier molecular flexibility index (Phi) is 2.61. The molecule has 0 atom stereocenters. The molecule has 0 radical (unpaired) electrons. The molecule has 3 rings (SSSR count). The van der Waals surface area contributed by atoms with Gasteiger partial charge in [0.25, 0.3) is 0 Å². The van der Waals surface area contributed by atoms with Crippen LogP contribution in [0.2, 0.25) is 0 Å². The maximum absolute atomic E-state index is 5.95. The Morgan fingerprint density at radius 3 is 2.61 bits per heavy atom. The van der Waals surface area contributed by atoms with Crippen molar-refractivity contribution in [1.29, 1.82) is 0 Å². The fourth-order valence-corrected chi connectivity index (χ4v) is 1.77. The molecule has 18 heavy (non-hydrogen) atoms. The lowest BCUT2D eigenvalue weighted by atomic mass is 10.2. The third-order valence-electron chi connectivity index (χ3n) is 2.68. The molecule has 2 aromatic rings. The fraction of sp³-hybridized carbons (Fsp3) is 0.0714. The molecule has 0 spiro atoms. The summed E-state index contributed by atoms with van der Waals surface area (Å²) in [5.74, 6) is 1.93. The van der Waals surface area contributed by atoms with E-state index in [-0.39, 0.29) is 6.79 Å². The smallest absolute Gasteiger partial charge is 0.231 e. The second-order valence-electron chi connectivity index (χ2n) is 3.90. The number of benzene rings is 2. The van der Waals surface area contributed by atoms with Crippen LogP contribution in [-0.2, 0) is 0 Å². The lowest BCUT2D eigenvalue weighted by Crippen LogP contribution is -2.12. The van der Waals surface area contributed by atoms with Crippen molar-refractivity contribution in [2.45, 2.75) is 0 Å². The zero-order valence-electron chi connectivity index (χ0n) is 9.67. The molecule has 1 aliphatic rings. The maximum Gasteiger partial charge on any atom is 0.231 e. The van der Waals surface area contributed by atoms with Gasteiger partial charge in [-0.3, -0.25) is 0 Å². The largest absolute Gasteiger partial charge is 0.454 e. The van der Waals surface area contributed by atoms with E-state index in [0.717, 1.165) is 17.0 Å². The van der Waals surface area contributed by atoms with Crippen LogP contribution in [0.25, 0.3) is 0 Å². The molecular weight excluding hydrogens is 228 g/mol. The van der Waals surface area contributed by atoms with Crippen LogP contribution in [0.5, 0.6) is 11.5 Å². The molecule has 0 aliphatic carbocycles. The average molecular weight is 240 g/mol. The van der Waals surface area contributed by atoms with Crippen molar-refractivity contribution in [2.75, 3.05) is 6.79 Å². The number of amidine groups is 1. The zero-order chi connectivity index (χ0) is 12.4. The molecule has 0 amide bonds. The molecule has 0 saturated carbocycles. The molecule has 4 heteroatoms. The quantitative estimate of drug-likeness (QED) is 0.648. The van der Waals surface area contributed by atoms with Gasteiger partial charge in [-0.1, -0.05) is 30.3 Å². The Morgan fingerprint density at radius 2 is 1.78 bits per heavy atom. The standard InChI is InChI=1S/C14H12N2O2/c15-14(10-4-2-1-3-5-10)16-11-6-7-12-13(8-11)18-9-17-12/h1-8H,9H2,(H2,15,16). The van der Waals surface area contributed by atoms with E-state index < -0.39 is 0 Å². The Hall–Kier alpha value is -2.49. The van der Waals surface area contributed by atoms with Crippen LogP contribution in [0.1, 0.15) is 5.56 Å². The van der Waals surface area contributed by atoms with Crippen LogP contribution in [0.15, 0.2) is 53.5 Å². The van der Waals surface area contributed by atoms with Crippen molar-refractivity contribution >= 4 is 11.5 Å². The van der Waals surface area contributed by atoms with Gasteiger partial charge in [-0.2, -0.15) is 0 Å². The summed E-state index contributed by atoms with van der Waals surface area (Å²) in [6.45, 7) is 0.261. The maximum atomic E-state index is 5.95. The molecule has 1 heterocycles. The van der Waals surface area contributed by atoms with E-state index >= 15 is 0 Å². The van der Waals surface area contributed by atoms with E-state index in [1.807, 2.05) is 48.5 Å². The molecule has 0 unspecified atom stereocenters. The zero-order valence-corrected chi connectivity index (χ0v) is 9.67. The molecule has 4 nitrogen and oxygen atoms in total. The van der Waals surface area contributed by atoms with Crippen LogP contribution in [0.3, 0.4) is 0 Å². The fourth-order valence-electron chi connectivity index (χ4n) is 1.77. The van der Waals surface area contributed by atoms with Gasteiger partial charge >= 0.3 is 0 Å². The molecule has 0 aromatic heterocycles. The van der Waals surface area contributed by atoms with Gasteiger partial charge in [0.05, 0.1) is 5.69 Å². The highest BCUT2D eigenvalue weighted by Crippen LogP contribution is 2.35. The topological polar surface area (TPSA) is 56.8 Å². The first-order valence-corrected chi connectivity index (χ1v) is 5.62. The summed E-state index contributed by atoms with van der Waals surface area (Å²) < 4.78 is 10.5. The highest BCUT2D eigenvalue weighted by Gasteiger charge is 2.13. The summed E-state index contributed by atoms with van der Waals surface area (Å²) >= 11 is 0. The third kappa shape index (κ3) is 2.00. The number of fused-ring (bicyclic) bond motifs is 1. The molecule has 90 valence electrons. The molecule has 0 bridgehead atoms. The molecule has 2 aromatic carbocycles. The van der Waals surface area contributed by atoms with Gasteiger partial charge in [-0.15, -0.1) is 0 Å². The van der Waals surface area contributed by atoms with Crippen LogP contribution < -0.4 is 15.2 Å². The number of hydrogen-bond donors (Lipinski definition) is 1. The van der Waals surface area contributed by atoms with Crippen molar-refractivity contribution in [3.63, 3.8) is 0 Å². The highest BCUT2D eigenvalue weighted by molar-refractivity contribution is 5.99. The Bertz CT molecular complexity index is 594. The number of nitrogens with zero attached hydrogens (tertiary/aromatic N) is 1. The van der Waals surface area contributed by atoms with Crippen LogP contribution in [0.4, 0.5) is 5.69 Å². The van der Waals surface area contributed by atoms with E-state index in [1.165, 1.54) is 0 Å². The summed E-state index contributed by atoms with van der Waals surface area (Å²) in [6, 6.07) is 15.1. The summed E-state index contributed by atoms with van der Waals surface area (Å²) in [4.78, 5) is 4.37. The van der Waals surface area contributed by atoms with E-state index in [4.69, 9.17) is 15.2 Å². The first-order valence-electron chi connectivity index (χ1n) is 5.62. The third-order valence-corrected chi connectivity index (χ3v) is 2.68.